The predicted molar refractivity (Wildman–Crippen MR) is 97.2 cm³/mol. The Bertz CT molecular complexity index is 704. The standard InChI is InChI=1S/C19H24N4O2/c1-2-15-3-5-16(6-4-15)22-17-13-18(21-14-20-17)23-9-7-19(8-10-23)24-11-12-25-19/h3-6,13-14H,2,7-12H2,1H3,(H,20,21,22). The molecule has 6 nitrogen and oxygen atoms in total. The zero-order chi connectivity index (χ0) is 17.1. The number of nitrogens with zero attached hydrogens (tertiary/aromatic N) is 3. The van der Waals surface area contributed by atoms with Gasteiger partial charge >= 0.3 is 0 Å². The number of piperidine rings is 1. The number of ether oxygens (including phenoxy) is 2. The monoisotopic (exact) mass is 340 g/mol. The molecule has 2 aliphatic heterocycles. The van der Waals surface area contributed by atoms with E-state index in [1.165, 1.54) is 5.56 Å². The third-order valence-corrected chi connectivity index (χ3v) is 4.95. The fourth-order valence-electron chi connectivity index (χ4n) is 3.42. The van der Waals surface area contributed by atoms with Crippen molar-refractivity contribution in [2.24, 2.45) is 0 Å². The van der Waals surface area contributed by atoms with Crippen molar-refractivity contribution in [3.05, 3.63) is 42.2 Å². The zero-order valence-electron chi connectivity index (χ0n) is 14.6. The Morgan fingerprint density at radius 3 is 2.48 bits per heavy atom. The molecule has 1 aromatic carbocycles. The Hall–Kier alpha value is -2.18. The van der Waals surface area contributed by atoms with E-state index in [1.54, 1.807) is 6.33 Å². The van der Waals surface area contributed by atoms with Crippen LogP contribution < -0.4 is 10.2 Å². The molecule has 2 fully saturated rings. The molecule has 0 bridgehead atoms. The van der Waals surface area contributed by atoms with Crippen molar-refractivity contribution in [3.63, 3.8) is 0 Å². The molecular weight excluding hydrogens is 316 g/mol. The fourth-order valence-corrected chi connectivity index (χ4v) is 3.42. The van der Waals surface area contributed by atoms with Gasteiger partial charge in [-0.15, -0.1) is 0 Å². The maximum absolute atomic E-state index is 5.79. The van der Waals surface area contributed by atoms with Gasteiger partial charge in [-0.05, 0) is 24.1 Å². The van der Waals surface area contributed by atoms with Gasteiger partial charge in [-0.2, -0.15) is 0 Å². The summed E-state index contributed by atoms with van der Waals surface area (Å²) >= 11 is 0. The molecule has 6 heteroatoms. The average molecular weight is 340 g/mol. The summed E-state index contributed by atoms with van der Waals surface area (Å²) in [6, 6.07) is 10.4. The van der Waals surface area contributed by atoms with Crippen molar-refractivity contribution in [2.75, 3.05) is 36.5 Å². The van der Waals surface area contributed by atoms with Crippen LogP contribution in [0.2, 0.25) is 0 Å². The first-order valence-electron chi connectivity index (χ1n) is 8.97. The van der Waals surface area contributed by atoms with Gasteiger partial charge in [0.25, 0.3) is 0 Å². The predicted octanol–water partition coefficient (Wildman–Crippen LogP) is 3.13. The van der Waals surface area contributed by atoms with Crippen LogP contribution in [0.1, 0.15) is 25.3 Å². The van der Waals surface area contributed by atoms with Gasteiger partial charge in [-0.25, -0.2) is 9.97 Å². The number of aromatic nitrogens is 2. The lowest BCUT2D eigenvalue weighted by molar-refractivity contribution is -0.169. The highest BCUT2D eigenvalue weighted by molar-refractivity contribution is 5.59. The Kier molecular flexibility index (Phi) is 4.55. The van der Waals surface area contributed by atoms with Crippen LogP contribution in [0, 0.1) is 0 Å². The first kappa shape index (κ1) is 16.3. The Labute approximate surface area is 148 Å². The zero-order valence-corrected chi connectivity index (χ0v) is 14.6. The quantitative estimate of drug-likeness (QED) is 0.923. The van der Waals surface area contributed by atoms with Crippen molar-refractivity contribution in [1.82, 2.24) is 9.97 Å². The summed E-state index contributed by atoms with van der Waals surface area (Å²) in [6.07, 6.45) is 4.41. The van der Waals surface area contributed by atoms with Gasteiger partial charge in [0, 0.05) is 37.7 Å². The molecule has 2 aliphatic rings. The number of aryl methyl sites for hydroxylation is 1. The number of anilines is 3. The van der Waals surface area contributed by atoms with Crippen molar-refractivity contribution >= 4 is 17.3 Å². The third-order valence-electron chi connectivity index (χ3n) is 4.95. The van der Waals surface area contributed by atoms with Crippen molar-refractivity contribution in [3.8, 4) is 0 Å². The van der Waals surface area contributed by atoms with Crippen LogP contribution in [-0.4, -0.2) is 42.1 Å². The third kappa shape index (κ3) is 3.60. The molecule has 25 heavy (non-hydrogen) atoms. The van der Waals surface area contributed by atoms with Crippen LogP contribution in [0.25, 0.3) is 0 Å². The van der Waals surface area contributed by atoms with Crippen LogP contribution in [0.15, 0.2) is 36.7 Å². The molecule has 0 amide bonds. The molecule has 2 aromatic rings. The van der Waals surface area contributed by atoms with Gasteiger partial charge in [0.1, 0.15) is 18.0 Å². The first-order valence-corrected chi connectivity index (χ1v) is 8.97. The number of benzene rings is 1. The van der Waals surface area contributed by atoms with Crippen LogP contribution >= 0.6 is 0 Å². The van der Waals surface area contributed by atoms with E-state index in [0.717, 1.165) is 49.7 Å². The van der Waals surface area contributed by atoms with Crippen LogP contribution in [-0.2, 0) is 15.9 Å². The highest BCUT2D eigenvalue weighted by Gasteiger charge is 2.40. The molecule has 132 valence electrons. The Balaban J connectivity index is 1.42. The molecule has 0 atom stereocenters. The van der Waals surface area contributed by atoms with Gasteiger partial charge in [0.15, 0.2) is 5.79 Å². The minimum atomic E-state index is -0.356. The second-order valence-electron chi connectivity index (χ2n) is 6.53. The van der Waals surface area contributed by atoms with Gasteiger partial charge in [0.05, 0.1) is 13.2 Å². The first-order chi connectivity index (χ1) is 12.3. The second-order valence-corrected chi connectivity index (χ2v) is 6.53. The van der Waals surface area contributed by atoms with Crippen molar-refractivity contribution in [1.29, 1.82) is 0 Å². The van der Waals surface area contributed by atoms with Crippen molar-refractivity contribution in [2.45, 2.75) is 32.0 Å². The van der Waals surface area contributed by atoms with Gasteiger partial charge in [-0.1, -0.05) is 19.1 Å². The van der Waals surface area contributed by atoms with E-state index < -0.39 is 0 Å². The smallest absolute Gasteiger partial charge is 0.171 e. The summed E-state index contributed by atoms with van der Waals surface area (Å²) in [5.41, 5.74) is 2.36. The minimum Gasteiger partial charge on any atom is -0.356 e. The van der Waals surface area contributed by atoms with Crippen LogP contribution in [0.5, 0.6) is 0 Å². The number of hydrogen-bond donors (Lipinski definition) is 1. The van der Waals surface area contributed by atoms with Gasteiger partial charge in [-0.3, -0.25) is 0 Å². The topological polar surface area (TPSA) is 59.5 Å². The average Bonchev–Trinajstić information content (AvgIpc) is 3.11. The molecule has 0 aliphatic carbocycles. The molecule has 1 N–H and O–H groups in total. The molecule has 4 rings (SSSR count). The van der Waals surface area contributed by atoms with Crippen molar-refractivity contribution < 1.29 is 9.47 Å². The molecule has 0 saturated carbocycles. The highest BCUT2D eigenvalue weighted by Crippen LogP contribution is 2.33. The maximum atomic E-state index is 5.79. The van der Waals surface area contributed by atoms with E-state index in [4.69, 9.17) is 9.47 Å². The lowest BCUT2D eigenvalue weighted by Gasteiger charge is -2.38. The summed E-state index contributed by atoms with van der Waals surface area (Å²) in [4.78, 5) is 11.1. The molecule has 1 spiro atoms. The molecule has 0 unspecified atom stereocenters. The molecule has 0 radical (unpaired) electrons. The van der Waals surface area contributed by atoms with E-state index >= 15 is 0 Å². The number of hydrogen-bond acceptors (Lipinski definition) is 6. The number of nitrogens with one attached hydrogen (secondary N) is 1. The Morgan fingerprint density at radius 1 is 1.08 bits per heavy atom. The van der Waals surface area contributed by atoms with Crippen LogP contribution in [0.3, 0.4) is 0 Å². The lowest BCUT2D eigenvalue weighted by Crippen LogP contribution is -2.45. The van der Waals surface area contributed by atoms with E-state index in [0.29, 0.717) is 13.2 Å². The summed E-state index contributed by atoms with van der Waals surface area (Å²) in [5.74, 6) is 1.39. The minimum absolute atomic E-state index is 0.356. The van der Waals surface area contributed by atoms with E-state index in [2.05, 4.69) is 51.4 Å². The molecule has 3 heterocycles. The van der Waals surface area contributed by atoms with E-state index in [1.807, 2.05) is 6.07 Å². The summed E-state index contributed by atoms with van der Waals surface area (Å²) < 4.78 is 11.6. The largest absolute Gasteiger partial charge is 0.356 e. The summed E-state index contributed by atoms with van der Waals surface area (Å²) in [6.45, 7) is 5.32. The van der Waals surface area contributed by atoms with E-state index in [9.17, 15) is 0 Å². The molecule has 1 aromatic heterocycles. The fraction of sp³-hybridized carbons (Fsp3) is 0.474. The van der Waals surface area contributed by atoms with Crippen LogP contribution in [0.4, 0.5) is 17.3 Å². The Morgan fingerprint density at radius 2 is 1.80 bits per heavy atom. The van der Waals surface area contributed by atoms with Gasteiger partial charge in [0.2, 0.25) is 0 Å². The normalized spacial score (nSPS) is 19.3. The lowest BCUT2D eigenvalue weighted by atomic mass is 10.0. The second kappa shape index (κ2) is 6.98. The molecule has 2 saturated heterocycles. The molecular formula is C19H24N4O2. The maximum Gasteiger partial charge on any atom is 0.171 e. The van der Waals surface area contributed by atoms with E-state index in [-0.39, 0.29) is 5.79 Å². The summed E-state index contributed by atoms with van der Waals surface area (Å²) in [5, 5.41) is 3.36. The highest BCUT2D eigenvalue weighted by atomic mass is 16.7. The van der Waals surface area contributed by atoms with Gasteiger partial charge < -0.3 is 19.7 Å². The summed E-state index contributed by atoms with van der Waals surface area (Å²) in [7, 11) is 0. The number of rotatable bonds is 4. The SMILES string of the molecule is CCc1ccc(Nc2cc(N3CCC4(CC3)OCCO4)ncn2)cc1.